The molecule has 1 aliphatic heterocycles. The van der Waals surface area contributed by atoms with Crippen LogP contribution in [0.1, 0.15) is 22.8 Å². The van der Waals surface area contributed by atoms with Gasteiger partial charge in [-0.2, -0.15) is 0 Å². The summed E-state index contributed by atoms with van der Waals surface area (Å²) in [5.41, 5.74) is 2.97. The molecule has 1 fully saturated rings. The standard InChI is InChI=1S/C17H19FN2O/c1-13-10-15(2-3-16(13)18)17-12-20(8-9-21-17)11-14-4-6-19-7-5-14/h2-7,10,17H,8-9,11-12H2,1H3. The lowest BCUT2D eigenvalue weighted by Crippen LogP contribution is -2.37. The first-order chi connectivity index (χ1) is 10.2. The van der Waals surface area contributed by atoms with Crippen LogP contribution in [0.5, 0.6) is 0 Å². The second-order valence-electron chi connectivity index (χ2n) is 5.46. The van der Waals surface area contributed by atoms with Gasteiger partial charge in [-0.1, -0.05) is 12.1 Å². The molecule has 1 aromatic heterocycles. The van der Waals surface area contributed by atoms with Gasteiger partial charge in [0.05, 0.1) is 12.7 Å². The minimum Gasteiger partial charge on any atom is -0.371 e. The molecule has 0 bridgehead atoms. The summed E-state index contributed by atoms with van der Waals surface area (Å²) in [6.45, 7) is 5.12. The summed E-state index contributed by atoms with van der Waals surface area (Å²) in [5, 5.41) is 0. The highest BCUT2D eigenvalue weighted by Gasteiger charge is 2.22. The number of hydrogen-bond acceptors (Lipinski definition) is 3. The van der Waals surface area contributed by atoms with Gasteiger partial charge in [0.15, 0.2) is 0 Å². The summed E-state index contributed by atoms with van der Waals surface area (Å²) in [6.07, 6.45) is 3.65. The zero-order chi connectivity index (χ0) is 14.7. The second kappa shape index (κ2) is 6.33. The molecule has 2 aromatic rings. The molecule has 0 spiro atoms. The zero-order valence-electron chi connectivity index (χ0n) is 12.1. The maximum atomic E-state index is 13.4. The highest BCUT2D eigenvalue weighted by molar-refractivity contribution is 5.26. The number of nitrogens with zero attached hydrogens (tertiary/aromatic N) is 2. The van der Waals surface area contributed by atoms with Gasteiger partial charge in [-0.3, -0.25) is 9.88 Å². The Morgan fingerprint density at radius 1 is 1.29 bits per heavy atom. The molecule has 1 aromatic carbocycles. The van der Waals surface area contributed by atoms with E-state index in [0.717, 1.165) is 25.2 Å². The number of pyridine rings is 1. The Balaban J connectivity index is 1.69. The highest BCUT2D eigenvalue weighted by atomic mass is 19.1. The van der Waals surface area contributed by atoms with Crippen molar-refractivity contribution in [3.05, 3.63) is 65.2 Å². The first kappa shape index (κ1) is 14.2. The number of rotatable bonds is 3. The van der Waals surface area contributed by atoms with E-state index in [2.05, 4.69) is 9.88 Å². The van der Waals surface area contributed by atoms with Crippen LogP contribution in [-0.2, 0) is 11.3 Å². The van der Waals surface area contributed by atoms with Crippen molar-refractivity contribution in [3.8, 4) is 0 Å². The van der Waals surface area contributed by atoms with Crippen molar-refractivity contribution in [2.45, 2.75) is 19.6 Å². The number of aromatic nitrogens is 1. The van der Waals surface area contributed by atoms with Crippen LogP contribution in [-0.4, -0.2) is 29.6 Å². The number of halogens is 1. The summed E-state index contributed by atoms with van der Waals surface area (Å²) < 4.78 is 19.2. The highest BCUT2D eigenvalue weighted by Crippen LogP contribution is 2.24. The first-order valence-corrected chi connectivity index (χ1v) is 7.21. The van der Waals surface area contributed by atoms with E-state index >= 15 is 0 Å². The van der Waals surface area contributed by atoms with Crippen molar-refractivity contribution in [1.82, 2.24) is 9.88 Å². The number of morpholine rings is 1. The van der Waals surface area contributed by atoms with Crippen molar-refractivity contribution in [2.75, 3.05) is 19.7 Å². The quantitative estimate of drug-likeness (QED) is 0.867. The summed E-state index contributed by atoms with van der Waals surface area (Å²) >= 11 is 0. The fraction of sp³-hybridized carbons (Fsp3) is 0.353. The van der Waals surface area contributed by atoms with Crippen molar-refractivity contribution < 1.29 is 9.13 Å². The molecule has 2 heterocycles. The number of aryl methyl sites for hydroxylation is 1. The molecule has 1 aliphatic rings. The van der Waals surface area contributed by atoms with Crippen LogP contribution >= 0.6 is 0 Å². The molecular formula is C17H19FN2O. The molecule has 0 N–H and O–H groups in total. The van der Waals surface area contributed by atoms with Gasteiger partial charge in [0.25, 0.3) is 0 Å². The van der Waals surface area contributed by atoms with Crippen LogP contribution in [0.2, 0.25) is 0 Å². The molecular weight excluding hydrogens is 267 g/mol. The van der Waals surface area contributed by atoms with Gasteiger partial charge in [0.2, 0.25) is 0 Å². The van der Waals surface area contributed by atoms with E-state index in [0.29, 0.717) is 12.2 Å². The van der Waals surface area contributed by atoms with Crippen LogP contribution in [0.3, 0.4) is 0 Å². The smallest absolute Gasteiger partial charge is 0.126 e. The van der Waals surface area contributed by atoms with E-state index in [1.807, 2.05) is 36.7 Å². The van der Waals surface area contributed by atoms with Gasteiger partial charge in [-0.05, 0) is 41.8 Å². The Morgan fingerprint density at radius 3 is 2.86 bits per heavy atom. The SMILES string of the molecule is Cc1cc(C2CN(Cc3ccncc3)CCO2)ccc1F. The van der Waals surface area contributed by atoms with Crippen molar-refractivity contribution in [2.24, 2.45) is 0 Å². The molecule has 0 aliphatic carbocycles. The van der Waals surface area contributed by atoms with Gasteiger partial charge >= 0.3 is 0 Å². The first-order valence-electron chi connectivity index (χ1n) is 7.21. The normalized spacial score (nSPS) is 19.6. The van der Waals surface area contributed by atoms with Gasteiger partial charge in [-0.15, -0.1) is 0 Å². The van der Waals surface area contributed by atoms with Crippen LogP contribution in [0, 0.1) is 12.7 Å². The Labute approximate surface area is 124 Å². The van der Waals surface area contributed by atoms with E-state index in [9.17, 15) is 4.39 Å². The van der Waals surface area contributed by atoms with Crippen molar-refractivity contribution in [3.63, 3.8) is 0 Å². The molecule has 1 saturated heterocycles. The molecule has 3 rings (SSSR count). The van der Waals surface area contributed by atoms with E-state index in [1.165, 1.54) is 11.6 Å². The fourth-order valence-electron chi connectivity index (χ4n) is 2.66. The lowest BCUT2D eigenvalue weighted by Gasteiger charge is -2.33. The third-order valence-corrected chi connectivity index (χ3v) is 3.86. The van der Waals surface area contributed by atoms with E-state index < -0.39 is 0 Å². The Kier molecular flexibility index (Phi) is 4.27. The maximum absolute atomic E-state index is 13.4. The Hall–Kier alpha value is -1.78. The molecule has 21 heavy (non-hydrogen) atoms. The predicted octanol–water partition coefficient (Wildman–Crippen LogP) is 3.10. The maximum Gasteiger partial charge on any atom is 0.126 e. The third kappa shape index (κ3) is 3.46. The minimum atomic E-state index is -0.164. The molecule has 1 atom stereocenters. The number of hydrogen-bond donors (Lipinski definition) is 0. The monoisotopic (exact) mass is 286 g/mol. The molecule has 0 amide bonds. The minimum absolute atomic E-state index is 0.0138. The molecule has 0 radical (unpaired) electrons. The lowest BCUT2D eigenvalue weighted by molar-refractivity contribution is -0.0329. The largest absolute Gasteiger partial charge is 0.371 e. The predicted molar refractivity (Wildman–Crippen MR) is 79.3 cm³/mol. The molecule has 110 valence electrons. The van der Waals surface area contributed by atoms with Crippen molar-refractivity contribution >= 4 is 0 Å². The van der Waals surface area contributed by atoms with E-state index in [4.69, 9.17) is 4.74 Å². The van der Waals surface area contributed by atoms with Gasteiger partial charge < -0.3 is 4.74 Å². The number of benzene rings is 1. The van der Waals surface area contributed by atoms with E-state index in [1.54, 1.807) is 6.92 Å². The number of ether oxygens (including phenoxy) is 1. The Bertz CT molecular complexity index is 603. The average Bonchev–Trinajstić information content (AvgIpc) is 2.51. The Morgan fingerprint density at radius 2 is 2.10 bits per heavy atom. The molecule has 3 nitrogen and oxygen atoms in total. The summed E-state index contributed by atoms with van der Waals surface area (Å²) in [5.74, 6) is -0.164. The summed E-state index contributed by atoms with van der Waals surface area (Å²) in [7, 11) is 0. The molecule has 1 unspecified atom stereocenters. The van der Waals surface area contributed by atoms with Crippen LogP contribution in [0.15, 0.2) is 42.7 Å². The van der Waals surface area contributed by atoms with Gasteiger partial charge in [0.1, 0.15) is 5.82 Å². The summed E-state index contributed by atoms with van der Waals surface area (Å²) in [6, 6.07) is 9.30. The molecule has 4 heteroatoms. The average molecular weight is 286 g/mol. The van der Waals surface area contributed by atoms with E-state index in [-0.39, 0.29) is 11.9 Å². The van der Waals surface area contributed by atoms with Gasteiger partial charge in [0, 0.05) is 32.0 Å². The molecule has 0 saturated carbocycles. The van der Waals surface area contributed by atoms with Crippen LogP contribution in [0.25, 0.3) is 0 Å². The fourth-order valence-corrected chi connectivity index (χ4v) is 2.66. The zero-order valence-corrected chi connectivity index (χ0v) is 12.1. The van der Waals surface area contributed by atoms with Crippen LogP contribution in [0.4, 0.5) is 4.39 Å². The third-order valence-electron chi connectivity index (χ3n) is 3.86. The second-order valence-corrected chi connectivity index (χ2v) is 5.46. The van der Waals surface area contributed by atoms with Crippen LogP contribution < -0.4 is 0 Å². The lowest BCUT2D eigenvalue weighted by atomic mass is 10.0. The summed E-state index contributed by atoms with van der Waals surface area (Å²) in [4.78, 5) is 6.40. The van der Waals surface area contributed by atoms with Crippen molar-refractivity contribution in [1.29, 1.82) is 0 Å². The van der Waals surface area contributed by atoms with Gasteiger partial charge in [-0.25, -0.2) is 4.39 Å². The topological polar surface area (TPSA) is 25.4 Å².